The third-order valence-electron chi connectivity index (χ3n) is 7.49. The fraction of sp³-hybridized carbons (Fsp3) is 0.156. The van der Waals surface area contributed by atoms with Gasteiger partial charge in [0.25, 0.3) is 11.8 Å². The molecule has 1 aliphatic rings. The molecule has 0 saturated carbocycles. The van der Waals surface area contributed by atoms with Gasteiger partial charge in [0.1, 0.15) is 11.6 Å². The Hall–Kier alpha value is -5.03. The number of piperidine rings is 1. The summed E-state index contributed by atoms with van der Waals surface area (Å²) in [7, 11) is 0. The highest BCUT2D eigenvalue weighted by Gasteiger charge is 2.45. The number of carbonyl (C=O) groups excluding carboxylic acids is 3. The molecule has 2 N–H and O–H groups in total. The van der Waals surface area contributed by atoms with Crippen molar-refractivity contribution >= 4 is 17.8 Å². The molecule has 0 bridgehead atoms. The minimum absolute atomic E-state index is 0.135. The molecule has 4 aromatic rings. The number of nitrogens with zero attached hydrogens (tertiary/aromatic N) is 1. The van der Waals surface area contributed by atoms with Crippen LogP contribution in [0.4, 0.5) is 17.6 Å². The quantitative estimate of drug-likeness (QED) is 0.220. The zero-order chi connectivity index (χ0) is 30.6. The van der Waals surface area contributed by atoms with Crippen LogP contribution in [-0.4, -0.2) is 35.8 Å². The molecule has 5 rings (SSSR count). The summed E-state index contributed by atoms with van der Waals surface area (Å²) in [5.41, 5.74) is 5.18. The van der Waals surface area contributed by atoms with Crippen LogP contribution in [0.1, 0.15) is 39.1 Å². The normalized spacial score (nSPS) is 14.2. The monoisotopic (exact) mass is 591 g/mol. The van der Waals surface area contributed by atoms with Gasteiger partial charge in [-0.15, -0.1) is 0 Å². The second-order valence-corrected chi connectivity index (χ2v) is 10.0. The number of halogens is 4. The van der Waals surface area contributed by atoms with E-state index < -0.39 is 34.7 Å². The molecular formula is C32H25F4N3O4. The third kappa shape index (κ3) is 6.41. The molecule has 0 spiro atoms. The summed E-state index contributed by atoms with van der Waals surface area (Å²) >= 11 is 0. The van der Waals surface area contributed by atoms with Crippen molar-refractivity contribution in [1.29, 1.82) is 0 Å². The van der Waals surface area contributed by atoms with Crippen LogP contribution in [0.3, 0.4) is 0 Å². The number of benzene rings is 4. The van der Waals surface area contributed by atoms with Gasteiger partial charge in [-0.3, -0.25) is 15.0 Å². The molecule has 1 fully saturated rings. The molecule has 0 aliphatic carbocycles. The predicted octanol–water partition coefficient (Wildman–Crippen LogP) is 5.48. The molecule has 7 nitrogen and oxygen atoms in total. The Morgan fingerprint density at radius 2 is 1.21 bits per heavy atom. The number of hydrogen-bond acceptors (Lipinski definition) is 5. The van der Waals surface area contributed by atoms with Crippen LogP contribution in [0, 0.1) is 23.3 Å². The summed E-state index contributed by atoms with van der Waals surface area (Å²) in [4.78, 5) is 45.7. The summed E-state index contributed by atoms with van der Waals surface area (Å²) in [6.07, 6.45) is 0.269. The van der Waals surface area contributed by atoms with E-state index in [-0.39, 0.29) is 43.2 Å². The van der Waals surface area contributed by atoms with E-state index in [9.17, 15) is 31.9 Å². The molecule has 220 valence electrons. The Kier molecular flexibility index (Phi) is 8.53. The van der Waals surface area contributed by atoms with Gasteiger partial charge < -0.3 is 9.74 Å². The van der Waals surface area contributed by atoms with Gasteiger partial charge in [0.05, 0.1) is 5.41 Å². The standard InChI is InChI=1S/C32H25F4N3O4/c33-25-10-5-21(6-11-25)20-1-3-22(4-2-20)30(41)39-17-15-32(16-18-39,24-8-12-26(34)13-9-24)31(42)43-38-37-29(40)23-7-14-27(35)28(36)19-23/h1-14,19,38H,15-18H2,(H,37,40). The van der Waals surface area contributed by atoms with Crippen molar-refractivity contribution < 1.29 is 36.8 Å². The summed E-state index contributed by atoms with van der Waals surface area (Å²) in [6.45, 7) is 0.346. The minimum Gasteiger partial charge on any atom is -0.350 e. The number of likely N-dealkylation sites (tertiary alicyclic amines) is 1. The Morgan fingerprint density at radius 3 is 1.79 bits per heavy atom. The Labute approximate surface area is 244 Å². The average molecular weight is 592 g/mol. The summed E-state index contributed by atoms with van der Waals surface area (Å²) in [5.74, 6) is -5.10. The number of hydrogen-bond donors (Lipinski definition) is 2. The number of hydrazine groups is 1. The van der Waals surface area contributed by atoms with E-state index in [1.165, 1.54) is 36.4 Å². The fourth-order valence-electron chi connectivity index (χ4n) is 5.03. The maximum atomic E-state index is 13.7. The highest BCUT2D eigenvalue weighted by atomic mass is 19.2. The predicted molar refractivity (Wildman–Crippen MR) is 148 cm³/mol. The minimum atomic E-state index is -1.28. The van der Waals surface area contributed by atoms with Crippen molar-refractivity contribution in [3.63, 3.8) is 0 Å². The maximum Gasteiger partial charge on any atom is 0.337 e. The van der Waals surface area contributed by atoms with Crippen LogP contribution in [0.15, 0.2) is 91.0 Å². The van der Waals surface area contributed by atoms with E-state index >= 15 is 0 Å². The van der Waals surface area contributed by atoms with Gasteiger partial charge in [0.2, 0.25) is 0 Å². The fourth-order valence-corrected chi connectivity index (χ4v) is 5.03. The zero-order valence-corrected chi connectivity index (χ0v) is 22.6. The number of rotatable bonds is 7. The number of amides is 2. The van der Waals surface area contributed by atoms with Crippen molar-refractivity contribution in [3.05, 3.63) is 131 Å². The van der Waals surface area contributed by atoms with E-state index in [1.54, 1.807) is 41.3 Å². The molecular weight excluding hydrogens is 566 g/mol. The van der Waals surface area contributed by atoms with Crippen LogP contribution in [0.2, 0.25) is 0 Å². The first-order valence-corrected chi connectivity index (χ1v) is 13.3. The van der Waals surface area contributed by atoms with Gasteiger partial charge in [0, 0.05) is 24.2 Å². The van der Waals surface area contributed by atoms with Crippen molar-refractivity contribution in [1.82, 2.24) is 15.9 Å². The van der Waals surface area contributed by atoms with Crippen molar-refractivity contribution in [2.45, 2.75) is 18.3 Å². The van der Waals surface area contributed by atoms with Crippen LogP contribution in [0.5, 0.6) is 0 Å². The summed E-state index contributed by atoms with van der Waals surface area (Å²) in [6, 6.07) is 20.8. The van der Waals surface area contributed by atoms with E-state index in [1.807, 2.05) is 0 Å². The SMILES string of the molecule is O=C(NNOC(=O)C1(c2ccc(F)cc2)CCN(C(=O)c2ccc(-c3ccc(F)cc3)cc2)CC1)c1ccc(F)c(F)c1. The summed E-state index contributed by atoms with van der Waals surface area (Å²) in [5, 5.41) is 0. The van der Waals surface area contributed by atoms with Crippen LogP contribution in [-0.2, 0) is 15.0 Å². The smallest absolute Gasteiger partial charge is 0.337 e. The van der Waals surface area contributed by atoms with Crippen LogP contribution < -0.4 is 11.0 Å². The van der Waals surface area contributed by atoms with E-state index in [4.69, 9.17) is 4.84 Å². The topological polar surface area (TPSA) is 87.7 Å². The van der Waals surface area contributed by atoms with Gasteiger partial charge in [0.15, 0.2) is 11.6 Å². The highest BCUT2D eigenvalue weighted by molar-refractivity contribution is 5.95. The molecule has 4 aromatic carbocycles. The second kappa shape index (κ2) is 12.5. The molecule has 0 radical (unpaired) electrons. The van der Waals surface area contributed by atoms with Crippen LogP contribution >= 0.6 is 0 Å². The van der Waals surface area contributed by atoms with Gasteiger partial charge in [-0.05, 0) is 84.1 Å². The Morgan fingerprint density at radius 1 is 0.674 bits per heavy atom. The molecule has 1 aliphatic heterocycles. The lowest BCUT2D eigenvalue weighted by atomic mass is 9.72. The molecule has 0 atom stereocenters. The Balaban J connectivity index is 1.26. The first kappa shape index (κ1) is 29.5. The number of nitrogens with one attached hydrogen (secondary N) is 2. The van der Waals surface area contributed by atoms with E-state index in [2.05, 4.69) is 11.0 Å². The molecule has 1 saturated heterocycles. The lowest BCUT2D eigenvalue weighted by Gasteiger charge is -2.40. The van der Waals surface area contributed by atoms with E-state index in [0.29, 0.717) is 17.2 Å². The molecule has 43 heavy (non-hydrogen) atoms. The Bertz CT molecular complexity index is 1640. The molecule has 0 aromatic heterocycles. The largest absolute Gasteiger partial charge is 0.350 e. The van der Waals surface area contributed by atoms with Crippen LogP contribution in [0.25, 0.3) is 11.1 Å². The van der Waals surface area contributed by atoms with Crippen molar-refractivity contribution in [2.24, 2.45) is 0 Å². The lowest BCUT2D eigenvalue weighted by Crippen LogP contribution is -2.52. The van der Waals surface area contributed by atoms with Gasteiger partial charge in [-0.2, -0.15) is 0 Å². The molecule has 2 amide bonds. The second-order valence-electron chi connectivity index (χ2n) is 10.0. The van der Waals surface area contributed by atoms with Gasteiger partial charge >= 0.3 is 5.97 Å². The van der Waals surface area contributed by atoms with Gasteiger partial charge in [-0.25, -0.2) is 22.4 Å². The molecule has 11 heteroatoms. The van der Waals surface area contributed by atoms with Crippen molar-refractivity contribution in [3.8, 4) is 11.1 Å². The lowest BCUT2D eigenvalue weighted by molar-refractivity contribution is -0.162. The average Bonchev–Trinajstić information content (AvgIpc) is 3.02. The summed E-state index contributed by atoms with van der Waals surface area (Å²) < 4.78 is 53.6. The third-order valence-corrected chi connectivity index (χ3v) is 7.49. The molecule has 1 heterocycles. The van der Waals surface area contributed by atoms with Gasteiger partial charge in [-0.1, -0.05) is 42.0 Å². The highest BCUT2D eigenvalue weighted by Crippen LogP contribution is 2.37. The first-order valence-electron chi connectivity index (χ1n) is 13.3. The molecule has 0 unspecified atom stereocenters. The maximum absolute atomic E-state index is 13.7. The van der Waals surface area contributed by atoms with E-state index in [0.717, 1.165) is 23.3 Å². The number of carbonyl (C=O) groups is 3. The first-order chi connectivity index (χ1) is 20.7. The van der Waals surface area contributed by atoms with Crippen molar-refractivity contribution in [2.75, 3.05) is 13.1 Å². The zero-order valence-electron chi connectivity index (χ0n) is 22.6.